The van der Waals surface area contributed by atoms with Crippen LogP contribution in [0.1, 0.15) is 60.5 Å². The Kier molecular flexibility index (Phi) is 5.84. The number of rotatable bonds is 7. The Bertz CT molecular complexity index is 1240. The molecule has 32 heavy (non-hydrogen) atoms. The SMILES string of the molecule is CCC[C@@H](CC(=O)O)n1c(=O)n(CC2CN(C)c3cc(C)cc(C)c32)c2ccc(C)nc21. The Hall–Kier alpha value is -3.09. The van der Waals surface area contributed by atoms with Crippen LogP contribution in [0.15, 0.2) is 29.1 Å². The molecule has 0 bridgehead atoms. The Morgan fingerprint density at radius 3 is 2.69 bits per heavy atom. The number of carboxylic acids is 1. The van der Waals surface area contributed by atoms with Crippen LogP contribution in [0.5, 0.6) is 0 Å². The van der Waals surface area contributed by atoms with Crippen molar-refractivity contribution in [1.82, 2.24) is 14.1 Å². The van der Waals surface area contributed by atoms with Crippen LogP contribution in [0.25, 0.3) is 11.2 Å². The van der Waals surface area contributed by atoms with Crippen LogP contribution in [0.2, 0.25) is 0 Å². The second-order valence-electron chi connectivity index (χ2n) is 9.19. The molecule has 3 heterocycles. The van der Waals surface area contributed by atoms with E-state index in [1.54, 1.807) is 9.13 Å². The molecule has 0 amide bonds. The van der Waals surface area contributed by atoms with Crippen molar-refractivity contribution >= 4 is 22.8 Å². The first-order chi connectivity index (χ1) is 15.2. The fourth-order valence-electron chi connectivity index (χ4n) is 5.30. The number of hydrogen-bond donors (Lipinski definition) is 1. The second-order valence-corrected chi connectivity index (χ2v) is 9.19. The van der Waals surface area contributed by atoms with Crippen molar-refractivity contribution in [1.29, 1.82) is 0 Å². The smallest absolute Gasteiger partial charge is 0.330 e. The number of imidazole rings is 1. The molecule has 2 atom stereocenters. The molecule has 1 aliphatic heterocycles. The van der Waals surface area contributed by atoms with E-state index in [1.165, 1.54) is 22.4 Å². The van der Waals surface area contributed by atoms with E-state index in [9.17, 15) is 14.7 Å². The molecular formula is C25H32N4O3. The minimum absolute atomic E-state index is 0.0874. The highest BCUT2D eigenvalue weighted by Gasteiger charge is 2.31. The first-order valence-electron chi connectivity index (χ1n) is 11.3. The number of carbonyl (C=O) groups is 1. The maximum Gasteiger partial charge on any atom is 0.330 e. The summed E-state index contributed by atoms with van der Waals surface area (Å²) in [4.78, 5) is 32.2. The van der Waals surface area contributed by atoms with E-state index in [0.29, 0.717) is 18.6 Å². The van der Waals surface area contributed by atoms with E-state index in [2.05, 4.69) is 42.9 Å². The fraction of sp³-hybridized carbons (Fsp3) is 0.480. The van der Waals surface area contributed by atoms with Crippen molar-refractivity contribution in [3.63, 3.8) is 0 Å². The number of benzene rings is 1. The van der Waals surface area contributed by atoms with Crippen LogP contribution in [0.3, 0.4) is 0 Å². The summed E-state index contributed by atoms with van der Waals surface area (Å²) in [6.07, 6.45) is 1.33. The Morgan fingerprint density at radius 2 is 2.00 bits per heavy atom. The second kappa shape index (κ2) is 8.45. The number of carboxylic acid groups (broad SMARTS) is 1. The van der Waals surface area contributed by atoms with Crippen LogP contribution in [0, 0.1) is 20.8 Å². The van der Waals surface area contributed by atoms with Gasteiger partial charge in [0.2, 0.25) is 0 Å². The average Bonchev–Trinajstić information content (AvgIpc) is 3.15. The minimum Gasteiger partial charge on any atom is -0.481 e. The number of pyridine rings is 1. The predicted octanol–water partition coefficient (Wildman–Crippen LogP) is 4.17. The van der Waals surface area contributed by atoms with Gasteiger partial charge < -0.3 is 10.0 Å². The van der Waals surface area contributed by atoms with E-state index in [-0.39, 0.29) is 18.0 Å². The summed E-state index contributed by atoms with van der Waals surface area (Å²) in [5, 5.41) is 9.47. The highest BCUT2D eigenvalue weighted by atomic mass is 16.4. The van der Waals surface area contributed by atoms with Crippen LogP contribution in [-0.2, 0) is 11.3 Å². The normalized spacial score (nSPS) is 16.5. The fourth-order valence-corrected chi connectivity index (χ4v) is 5.30. The number of nitrogens with zero attached hydrogens (tertiary/aromatic N) is 4. The lowest BCUT2D eigenvalue weighted by atomic mass is 9.95. The monoisotopic (exact) mass is 436 g/mol. The average molecular weight is 437 g/mol. The van der Waals surface area contributed by atoms with Gasteiger partial charge in [0.1, 0.15) is 0 Å². The number of aryl methyl sites for hydroxylation is 3. The third-order valence-corrected chi connectivity index (χ3v) is 6.57. The molecular weight excluding hydrogens is 404 g/mol. The molecule has 3 aromatic rings. The summed E-state index contributed by atoms with van der Waals surface area (Å²) in [5.41, 5.74) is 7.00. The highest BCUT2D eigenvalue weighted by Crippen LogP contribution is 2.39. The van der Waals surface area contributed by atoms with Gasteiger partial charge in [-0.2, -0.15) is 0 Å². The number of aliphatic carboxylic acids is 1. The molecule has 7 nitrogen and oxygen atoms in total. The minimum atomic E-state index is -0.902. The molecule has 7 heteroatoms. The van der Waals surface area contributed by atoms with E-state index in [1.807, 2.05) is 26.0 Å². The molecule has 2 aromatic heterocycles. The van der Waals surface area contributed by atoms with Crippen molar-refractivity contribution < 1.29 is 9.90 Å². The lowest BCUT2D eigenvalue weighted by molar-refractivity contribution is -0.137. The van der Waals surface area contributed by atoms with Crippen molar-refractivity contribution in [2.45, 2.75) is 65.5 Å². The van der Waals surface area contributed by atoms with Crippen LogP contribution in [0.4, 0.5) is 5.69 Å². The summed E-state index contributed by atoms with van der Waals surface area (Å²) in [6, 6.07) is 7.86. The lowest BCUT2D eigenvalue weighted by Gasteiger charge is -2.16. The molecule has 0 radical (unpaired) electrons. The number of hydrogen-bond acceptors (Lipinski definition) is 4. The standard InChI is InChI=1S/C25H32N4O3/c1-6-7-19(12-22(30)31)29-24-20(9-8-17(4)26-24)28(25(29)32)14-18-13-27(5)21-11-15(2)10-16(3)23(18)21/h8-11,18-19H,6-7,12-14H2,1-5H3,(H,30,31)/t18?,19-/m0/s1. The third-order valence-electron chi connectivity index (χ3n) is 6.57. The van der Waals surface area contributed by atoms with Gasteiger partial charge >= 0.3 is 11.7 Å². The van der Waals surface area contributed by atoms with E-state index < -0.39 is 12.0 Å². The van der Waals surface area contributed by atoms with Gasteiger partial charge in [0.05, 0.1) is 18.0 Å². The van der Waals surface area contributed by atoms with Crippen molar-refractivity contribution in [2.24, 2.45) is 0 Å². The molecule has 0 aliphatic carbocycles. The summed E-state index contributed by atoms with van der Waals surface area (Å²) in [6.45, 7) is 9.53. The molecule has 0 spiro atoms. The molecule has 1 unspecified atom stereocenters. The number of fused-ring (bicyclic) bond motifs is 2. The number of anilines is 1. The molecule has 1 N–H and O–H groups in total. The van der Waals surface area contributed by atoms with E-state index in [4.69, 9.17) is 0 Å². The predicted molar refractivity (Wildman–Crippen MR) is 127 cm³/mol. The Morgan fingerprint density at radius 1 is 1.25 bits per heavy atom. The van der Waals surface area contributed by atoms with Crippen molar-refractivity contribution in [2.75, 3.05) is 18.5 Å². The Labute approximate surface area is 188 Å². The first kappa shape index (κ1) is 22.1. The zero-order valence-electron chi connectivity index (χ0n) is 19.6. The van der Waals surface area contributed by atoms with Crippen LogP contribution < -0.4 is 10.6 Å². The van der Waals surface area contributed by atoms with Gasteiger partial charge in [0, 0.05) is 37.4 Å². The van der Waals surface area contributed by atoms with Gasteiger partial charge in [-0.05, 0) is 62.1 Å². The van der Waals surface area contributed by atoms with E-state index in [0.717, 1.165) is 24.2 Å². The lowest BCUT2D eigenvalue weighted by Crippen LogP contribution is -2.31. The van der Waals surface area contributed by atoms with Gasteiger partial charge in [-0.3, -0.25) is 13.9 Å². The summed E-state index contributed by atoms with van der Waals surface area (Å²) in [7, 11) is 2.10. The highest BCUT2D eigenvalue weighted by molar-refractivity contribution is 5.73. The summed E-state index contributed by atoms with van der Waals surface area (Å²) >= 11 is 0. The first-order valence-corrected chi connectivity index (χ1v) is 11.3. The van der Waals surface area contributed by atoms with E-state index >= 15 is 0 Å². The van der Waals surface area contributed by atoms with Crippen molar-refractivity contribution in [3.8, 4) is 0 Å². The molecule has 0 saturated heterocycles. The molecule has 0 saturated carbocycles. The molecule has 170 valence electrons. The molecule has 4 rings (SSSR count). The maximum atomic E-state index is 13.7. The zero-order chi connectivity index (χ0) is 23.2. The van der Waals surface area contributed by atoms with Gasteiger partial charge in [0.25, 0.3) is 0 Å². The van der Waals surface area contributed by atoms with Gasteiger partial charge in [-0.15, -0.1) is 0 Å². The maximum absolute atomic E-state index is 13.7. The Balaban J connectivity index is 1.84. The third kappa shape index (κ3) is 3.80. The molecule has 1 aromatic carbocycles. The van der Waals surface area contributed by atoms with Crippen molar-refractivity contribution in [3.05, 3.63) is 57.1 Å². The largest absolute Gasteiger partial charge is 0.481 e. The zero-order valence-corrected chi connectivity index (χ0v) is 19.6. The number of likely N-dealkylation sites (N-methyl/N-ethyl adjacent to an activating group) is 1. The van der Waals surface area contributed by atoms with Gasteiger partial charge in [-0.25, -0.2) is 9.78 Å². The van der Waals surface area contributed by atoms with Gasteiger partial charge in [0.15, 0.2) is 5.65 Å². The summed E-state index contributed by atoms with van der Waals surface area (Å²) in [5.74, 6) is -0.723. The van der Waals surface area contributed by atoms with Crippen LogP contribution in [-0.4, -0.2) is 38.8 Å². The molecule has 0 fully saturated rings. The molecule has 1 aliphatic rings. The quantitative estimate of drug-likeness (QED) is 0.601. The summed E-state index contributed by atoms with van der Waals surface area (Å²) < 4.78 is 3.43. The van der Waals surface area contributed by atoms with Gasteiger partial charge in [-0.1, -0.05) is 19.4 Å². The topological polar surface area (TPSA) is 80.4 Å². The van der Waals surface area contributed by atoms with Crippen LogP contribution >= 0.6 is 0 Å². The number of aromatic nitrogens is 3.